The lowest BCUT2D eigenvalue weighted by Gasteiger charge is -2.24. The lowest BCUT2D eigenvalue weighted by Crippen LogP contribution is -2.21. The van der Waals surface area contributed by atoms with Crippen LogP contribution in [0.5, 0.6) is 0 Å². The van der Waals surface area contributed by atoms with Gasteiger partial charge in [-0.25, -0.2) is 4.58 Å². The summed E-state index contributed by atoms with van der Waals surface area (Å²) in [6.45, 7) is 7.08. The van der Waals surface area contributed by atoms with E-state index in [1.807, 2.05) is 85.0 Å². The minimum absolute atomic E-state index is 0.113. The second-order valence-corrected chi connectivity index (χ2v) is 14.1. The van der Waals surface area contributed by atoms with Gasteiger partial charge in [0.05, 0.1) is 4.90 Å². The van der Waals surface area contributed by atoms with Crippen molar-refractivity contribution < 1.29 is 30.2 Å². The third-order valence-electron chi connectivity index (χ3n) is 8.15. The van der Waals surface area contributed by atoms with Crippen molar-refractivity contribution in [2.24, 2.45) is 5.90 Å². The van der Waals surface area contributed by atoms with Gasteiger partial charge >= 0.3 is 10.1 Å². The Morgan fingerprint density at radius 3 is 1.94 bits per heavy atom. The fraction of sp³-hybridized carbons (Fsp3) is 0.162. The highest BCUT2D eigenvalue weighted by Crippen LogP contribution is 2.36. The van der Waals surface area contributed by atoms with Crippen molar-refractivity contribution >= 4 is 37.2 Å². The highest BCUT2D eigenvalue weighted by Gasteiger charge is 2.26. The predicted molar refractivity (Wildman–Crippen MR) is 189 cm³/mol. The molecule has 1 aliphatic rings. The summed E-state index contributed by atoms with van der Waals surface area (Å²) in [6, 6.07) is 31.4. The van der Waals surface area contributed by atoms with Crippen molar-refractivity contribution in [1.29, 1.82) is 0 Å². The largest absolute Gasteiger partial charge is 0.367 e. The normalized spacial score (nSPS) is 13.1. The lowest BCUT2D eigenvalue weighted by molar-refractivity contribution is -0.539. The molecule has 248 valence electrons. The highest BCUT2D eigenvalue weighted by atomic mass is 32.2. The molecule has 4 aromatic carbocycles. The summed E-state index contributed by atoms with van der Waals surface area (Å²) in [4.78, 5) is 1.11. The first-order chi connectivity index (χ1) is 23.0. The van der Waals surface area contributed by atoms with E-state index >= 15 is 0 Å². The number of nitrogens with zero attached hydrogens (tertiary/aromatic N) is 2. The molecule has 4 aromatic rings. The van der Waals surface area contributed by atoms with Gasteiger partial charge < -0.3 is 4.90 Å². The van der Waals surface area contributed by atoms with E-state index < -0.39 is 30.0 Å². The van der Waals surface area contributed by atoms with Crippen molar-refractivity contribution in [3.8, 4) is 0 Å². The molecular weight excluding hydrogens is 647 g/mol. The second-order valence-electron chi connectivity index (χ2n) is 11.2. The first kappa shape index (κ1) is 34.7. The number of benzene rings is 4. The van der Waals surface area contributed by atoms with Crippen molar-refractivity contribution in [2.75, 3.05) is 18.0 Å². The van der Waals surface area contributed by atoms with Crippen molar-refractivity contribution in [2.45, 2.75) is 36.7 Å². The van der Waals surface area contributed by atoms with E-state index in [1.165, 1.54) is 23.3 Å². The summed E-state index contributed by atoms with van der Waals surface area (Å²) in [5, 5.41) is 0. The van der Waals surface area contributed by atoms with Crippen LogP contribution in [0.2, 0.25) is 0 Å². The average molecular weight is 685 g/mol. The Morgan fingerprint density at radius 2 is 1.40 bits per heavy atom. The zero-order valence-electron chi connectivity index (χ0n) is 26.7. The molecule has 0 saturated heterocycles. The third-order valence-corrected chi connectivity index (χ3v) is 10.1. The molecule has 11 heteroatoms. The maximum atomic E-state index is 12.8. The summed E-state index contributed by atoms with van der Waals surface area (Å²) in [6.07, 6.45) is 7.70. The fourth-order valence-corrected chi connectivity index (χ4v) is 7.07. The average Bonchev–Trinajstić information content (AvgIpc) is 3.11. The number of allylic oxidation sites excluding steroid dienone is 5. The topological polar surface area (TPSA) is 130 Å². The molecule has 48 heavy (non-hydrogen) atoms. The zero-order valence-corrected chi connectivity index (χ0v) is 28.4. The van der Waals surface area contributed by atoms with E-state index in [2.05, 4.69) is 51.9 Å². The molecule has 0 heterocycles. The Kier molecular flexibility index (Phi) is 10.9. The van der Waals surface area contributed by atoms with Gasteiger partial charge in [-0.1, -0.05) is 78.9 Å². The molecule has 9 nitrogen and oxygen atoms in total. The van der Waals surface area contributed by atoms with Crippen LogP contribution in [0.15, 0.2) is 143 Å². The van der Waals surface area contributed by atoms with Crippen LogP contribution in [0.4, 0.5) is 5.69 Å². The first-order valence-electron chi connectivity index (χ1n) is 15.4. The van der Waals surface area contributed by atoms with Crippen LogP contribution in [-0.2, 0) is 37.6 Å². The van der Waals surface area contributed by atoms with Crippen molar-refractivity contribution in [3.63, 3.8) is 0 Å². The van der Waals surface area contributed by atoms with Gasteiger partial charge in [0.1, 0.15) is 11.4 Å². The van der Waals surface area contributed by atoms with Crippen LogP contribution in [0.1, 0.15) is 36.1 Å². The van der Waals surface area contributed by atoms with E-state index in [4.69, 9.17) is 5.90 Å². The minimum Gasteiger partial charge on any atom is -0.367 e. The molecule has 3 N–H and O–H groups in total. The Balaban J connectivity index is 1.64. The van der Waals surface area contributed by atoms with Crippen molar-refractivity contribution in [3.05, 3.63) is 155 Å². The lowest BCUT2D eigenvalue weighted by atomic mass is 9.90. The molecule has 0 amide bonds. The summed E-state index contributed by atoms with van der Waals surface area (Å²) < 4.78 is 67.0. The smallest absolute Gasteiger partial charge is 0.312 e. The van der Waals surface area contributed by atoms with Gasteiger partial charge in [0.15, 0.2) is 12.3 Å². The molecule has 0 fully saturated rings. The van der Waals surface area contributed by atoms with Crippen LogP contribution < -0.4 is 10.8 Å². The maximum Gasteiger partial charge on any atom is 0.312 e. The molecule has 0 radical (unpaired) electrons. The number of nitrogens with two attached hydrogens (primary N) is 1. The van der Waals surface area contributed by atoms with Crippen LogP contribution in [0.25, 0.3) is 5.57 Å². The minimum atomic E-state index is -4.90. The summed E-state index contributed by atoms with van der Waals surface area (Å²) in [5.74, 6) is 4.96. The molecule has 0 aromatic heterocycles. The van der Waals surface area contributed by atoms with E-state index in [-0.39, 0.29) is 5.56 Å². The number of hydrogen-bond donors (Lipinski definition) is 2. The van der Waals surface area contributed by atoms with Gasteiger partial charge in [-0.2, -0.15) is 27.0 Å². The van der Waals surface area contributed by atoms with Crippen LogP contribution >= 0.6 is 0 Å². The fourth-order valence-electron chi connectivity index (χ4n) is 5.67. The predicted octanol–water partition coefficient (Wildman–Crippen LogP) is 6.14. The monoisotopic (exact) mass is 684 g/mol. The summed E-state index contributed by atoms with van der Waals surface area (Å²) in [5.41, 5.74) is 6.19. The van der Waals surface area contributed by atoms with Crippen LogP contribution in [0.3, 0.4) is 0 Å². The molecule has 0 atom stereocenters. The standard InChI is InChI=1S/C37H37N3O6S2/c1-3-39(26-28-11-7-5-8-12-28)32-19-15-30(16-20-32)37(35-24-23-34(48(44,45)46-38)25-36(35)47(41,42)43)31-17-21-33(22-18-31)40(4-2)27-29-13-9-6-10-14-29/h5-25H,3-4,26-27,38H2,1-2H3/p+1. The molecule has 0 unspecified atom stereocenters. The Bertz CT molecular complexity index is 2090. The molecule has 5 rings (SSSR count). The van der Waals surface area contributed by atoms with Gasteiger partial charge in [-0.15, -0.1) is 0 Å². The van der Waals surface area contributed by atoms with Crippen LogP contribution in [-0.4, -0.2) is 44.8 Å². The molecule has 1 aliphatic carbocycles. The maximum absolute atomic E-state index is 12.8. The summed E-state index contributed by atoms with van der Waals surface area (Å²) >= 11 is 0. The highest BCUT2D eigenvalue weighted by molar-refractivity contribution is 7.87. The molecule has 0 spiro atoms. The molecule has 0 bridgehead atoms. The van der Waals surface area contributed by atoms with E-state index in [9.17, 15) is 21.4 Å². The van der Waals surface area contributed by atoms with E-state index in [0.29, 0.717) is 29.8 Å². The van der Waals surface area contributed by atoms with Gasteiger partial charge in [0.25, 0.3) is 10.1 Å². The van der Waals surface area contributed by atoms with Gasteiger partial charge in [0.2, 0.25) is 0 Å². The number of hydrogen-bond acceptors (Lipinski definition) is 7. The molecule has 0 saturated carbocycles. The number of anilines is 1. The Labute approximate surface area is 282 Å². The first-order valence-corrected chi connectivity index (χ1v) is 18.3. The Hall–Kier alpha value is -4.65. The third kappa shape index (κ3) is 8.07. The van der Waals surface area contributed by atoms with Gasteiger partial charge in [-0.3, -0.25) is 4.55 Å². The van der Waals surface area contributed by atoms with Gasteiger partial charge in [0, 0.05) is 42.1 Å². The zero-order chi connectivity index (χ0) is 34.3. The van der Waals surface area contributed by atoms with E-state index in [0.717, 1.165) is 30.6 Å². The Morgan fingerprint density at radius 1 is 0.792 bits per heavy atom. The number of rotatable bonds is 12. The summed E-state index contributed by atoms with van der Waals surface area (Å²) in [7, 11) is -9.36. The van der Waals surface area contributed by atoms with E-state index in [1.54, 1.807) is 0 Å². The quantitative estimate of drug-likeness (QED) is 0.103. The van der Waals surface area contributed by atoms with Crippen LogP contribution in [0, 0.1) is 0 Å². The van der Waals surface area contributed by atoms with Gasteiger partial charge in [-0.05, 0) is 72.5 Å². The second kappa shape index (κ2) is 15.1. The molecular formula is C37H38N3O6S2+. The van der Waals surface area contributed by atoms with Crippen molar-refractivity contribution in [1.82, 2.24) is 0 Å². The molecule has 0 aliphatic heterocycles. The SMILES string of the molecule is CCN(Cc1ccccc1)c1ccc(C(=C2C=CC(=[N+](CC)Cc3ccccc3)C=C2)c2ccc(S(=O)(=O)ON)cc2S(=O)(=O)O)cc1.